The molecule has 0 aromatic heterocycles. The summed E-state index contributed by atoms with van der Waals surface area (Å²) in [5, 5.41) is 9.69. The Balaban J connectivity index is 2.81. The van der Waals surface area contributed by atoms with Crippen molar-refractivity contribution in [1.29, 1.82) is 0 Å². The molecule has 1 unspecified atom stereocenters. The topological polar surface area (TPSA) is 41.8 Å². The Bertz CT molecular complexity index is 274. The van der Waals surface area contributed by atoms with Crippen LogP contribution in [0.15, 0.2) is 17.0 Å². The average molecular weight is 197 g/mol. The fourth-order valence-electron chi connectivity index (χ4n) is 1.03. The molecule has 0 saturated carbocycles. The highest BCUT2D eigenvalue weighted by Gasteiger charge is 2.32. The maximum Gasteiger partial charge on any atom is 0.143 e. The van der Waals surface area contributed by atoms with E-state index < -0.39 is 5.60 Å². The van der Waals surface area contributed by atoms with Crippen molar-refractivity contribution in [3.63, 3.8) is 0 Å². The van der Waals surface area contributed by atoms with E-state index in [2.05, 4.69) is 18.8 Å². The number of aliphatic imine (C=N–C) groups is 1. The molecule has 0 amide bonds. The minimum absolute atomic E-state index is 0.352. The molecule has 3 heteroatoms. The van der Waals surface area contributed by atoms with Gasteiger partial charge in [0.25, 0.3) is 0 Å². The lowest BCUT2D eigenvalue weighted by atomic mass is 9.92. The number of hydrogen-bond acceptors (Lipinski definition) is 3. The summed E-state index contributed by atoms with van der Waals surface area (Å²) >= 11 is 0. The zero-order valence-corrected chi connectivity index (χ0v) is 9.53. The first-order chi connectivity index (χ1) is 6.26. The molecular formula is C11H19NO2. The molecule has 0 bridgehead atoms. The predicted molar refractivity (Wildman–Crippen MR) is 57.2 cm³/mol. The fraction of sp³-hybridized carbons (Fsp3) is 0.727. The molecule has 0 spiro atoms. The van der Waals surface area contributed by atoms with E-state index in [0.29, 0.717) is 11.6 Å². The number of hydrogen-bond donors (Lipinski definition) is 1. The SMILES string of the molecule is CC(C)C1(C)C=NC(C(C)(C)O)=CO1. The van der Waals surface area contributed by atoms with E-state index in [-0.39, 0.29) is 5.60 Å². The van der Waals surface area contributed by atoms with Crippen molar-refractivity contribution in [3.05, 3.63) is 12.0 Å². The van der Waals surface area contributed by atoms with Crippen LogP contribution in [-0.2, 0) is 4.74 Å². The molecule has 0 aromatic carbocycles. The van der Waals surface area contributed by atoms with Crippen molar-refractivity contribution in [2.45, 2.75) is 45.8 Å². The number of aliphatic hydroxyl groups is 1. The molecule has 1 atom stereocenters. The summed E-state index contributed by atoms with van der Waals surface area (Å²) in [6.07, 6.45) is 3.32. The molecule has 0 aliphatic carbocycles. The van der Waals surface area contributed by atoms with Crippen LogP contribution in [-0.4, -0.2) is 22.5 Å². The van der Waals surface area contributed by atoms with Gasteiger partial charge >= 0.3 is 0 Å². The maximum atomic E-state index is 9.69. The molecule has 1 rings (SSSR count). The van der Waals surface area contributed by atoms with Crippen molar-refractivity contribution < 1.29 is 9.84 Å². The Morgan fingerprint density at radius 2 is 2.07 bits per heavy atom. The van der Waals surface area contributed by atoms with Gasteiger partial charge in [-0.05, 0) is 26.7 Å². The first-order valence-corrected chi connectivity index (χ1v) is 4.92. The predicted octanol–water partition coefficient (Wildman–Crippen LogP) is 2.11. The molecule has 3 nitrogen and oxygen atoms in total. The van der Waals surface area contributed by atoms with Gasteiger partial charge < -0.3 is 9.84 Å². The summed E-state index contributed by atoms with van der Waals surface area (Å²) < 4.78 is 5.59. The van der Waals surface area contributed by atoms with E-state index >= 15 is 0 Å². The molecule has 0 saturated heterocycles. The molecule has 0 aromatic rings. The van der Waals surface area contributed by atoms with E-state index in [0.717, 1.165) is 0 Å². The quantitative estimate of drug-likeness (QED) is 0.736. The first kappa shape index (κ1) is 11.2. The van der Waals surface area contributed by atoms with Crippen molar-refractivity contribution in [3.8, 4) is 0 Å². The Morgan fingerprint density at radius 1 is 1.50 bits per heavy atom. The van der Waals surface area contributed by atoms with Gasteiger partial charge in [-0.3, -0.25) is 4.99 Å². The zero-order valence-electron chi connectivity index (χ0n) is 9.53. The molecule has 0 radical (unpaired) electrons. The highest BCUT2D eigenvalue weighted by atomic mass is 16.5. The summed E-state index contributed by atoms with van der Waals surface area (Å²) in [4.78, 5) is 4.24. The maximum absolute atomic E-state index is 9.69. The smallest absolute Gasteiger partial charge is 0.143 e. The lowest BCUT2D eigenvalue weighted by molar-refractivity contribution is 0.0472. The van der Waals surface area contributed by atoms with Gasteiger partial charge in [-0.1, -0.05) is 13.8 Å². The first-order valence-electron chi connectivity index (χ1n) is 4.92. The van der Waals surface area contributed by atoms with Crippen molar-refractivity contribution in [1.82, 2.24) is 0 Å². The van der Waals surface area contributed by atoms with Crippen LogP contribution >= 0.6 is 0 Å². The van der Waals surface area contributed by atoms with Gasteiger partial charge in [-0.15, -0.1) is 0 Å². The van der Waals surface area contributed by atoms with Gasteiger partial charge in [-0.2, -0.15) is 0 Å². The van der Waals surface area contributed by atoms with Crippen LogP contribution < -0.4 is 0 Å². The molecule has 1 N–H and O–H groups in total. The monoisotopic (exact) mass is 197 g/mol. The molecule has 14 heavy (non-hydrogen) atoms. The van der Waals surface area contributed by atoms with Gasteiger partial charge in [0.1, 0.15) is 23.2 Å². The molecule has 1 aliphatic rings. The van der Waals surface area contributed by atoms with Crippen LogP contribution in [0, 0.1) is 5.92 Å². The summed E-state index contributed by atoms with van der Waals surface area (Å²) in [5.74, 6) is 0.353. The lowest BCUT2D eigenvalue weighted by Gasteiger charge is -2.33. The fourth-order valence-corrected chi connectivity index (χ4v) is 1.03. The van der Waals surface area contributed by atoms with Gasteiger partial charge in [-0.25, -0.2) is 0 Å². The second-order valence-corrected chi connectivity index (χ2v) is 4.78. The highest BCUT2D eigenvalue weighted by molar-refractivity contribution is 5.71. The van der Waals surface area contributed by atoms with Crippen LogP contribution in [0.5, 0.6) is 0 Å². The number of rotatable bonds is 2. The Hall–Kier alpha value is -0.830. The van der Waals surface area contributed by atoms with E-state index in [1.807, 2.05) is 6.92 Å². The Morgan fingerprint density at radius 3 is 2.36 bits per heavy atom. The third-order valence-electron chi connectivity index (χ3n) is 2.66. The molecule has 80 valence electrons. The van der Waals surface area contributed by atoms with Crippen LogP contribution in [0.1, 0.15) is 34.6 Å². The Kier molecular flexibility index (Phi) is 2.72. The summed E-state index contributed by atoms with van der Waals surface area (Å²) in [6, 6.07) is 0. The lowest BCUT2D eigenvalue weighted by Crippen LogP contribution is -2.38. The molecule has 1 heterocycles. The molecular weight excluding hydrogens is 178 g/mol. The minimum atomic E-state index is -0.936. The highest BCUT2D eigenvalue weighted by Crippen LogP contribution is 2.27. The van der Waals surface area contributed by atoms with Crippen LogP contribution in [0.25, 0.3) is 0 Å². The summed E-state index contributed by atoms with van der Waals surface area (Å²) in [5.41, 5.74) is -0.723. The van der Waals surface area contributed by atoms with E-state index in [1.54, 1.807) is 26.3 Å². The average Bonchev–Trinajstić information content (AvgIpc) is 2.03. The largest absolute Gasteiger partial charge is 0.487 e. The van der Waals surface area contributed by atoms with E-state index in [1.165, 1.54) is 0 Å². The van der Waals surface area contributed by atoms with Crippen LogP contribution in [0.4, 0.5) is 0 Å². The van der Waals surface area contributed by atoms with Crippen LogP contribution in [0.2, 0.25) is 0 Å². The third-order valence-corrected chi connectivity index (χ3v) is 2.66. The van der Waals surface area contributed by atoms with Gasteiger partial charge in [0.05, 0.1) is 0 Å². The second kappa shape index (κ2) is 3.39. The normalized spacial score (nSPS) is 27.5. The Labute approximate surface area is 85.5 Å². The summed E-state index contributed by atoms with van der Waals surface area (Å²) in [7, 11) is 0. The summed E-state index contributed by atoms with van der Waals surface area (Å²) in [6.45, 7) is 9.53. The minimum Gasteiger partial charge on any atom is -0.487 e. The number of nitrogens with zero attached hydrogens (tertiary/aromatic N) is 1. The molecule has 1 aliphatic heterocycles. The zero-order chi connectivity index (χ0) is 11.0. The van der Waals surface area contributed by atoms with Crippen molar-refractivity contribution in [2.24, 2.45) is 10.9 Å². The van der Waals surface area contributed by atoms with Gasteiger partial charge in [0.2, 0.25) is 0 Å². The molecule has 0 fully saturated rings. The van der Waals surface area contributed by atoms with Crippen molar-refractivity contribution >= 4 is 6.21 Å². The van der Waals surface area contributed by atoms with Gasteiger partial charge in [0, 0.05) is 6.21 Å². The second-order valence-electron chi connectivity index (χ2n) is 4.78. The van der Waals surface area contributed by atoms with E-state index in [4.69, 9.17) is 4.74 Å². The van der Waals surface area contributed by atoms with E-state index in [9.17, 15) is 5.11 Å². The number of ether oxygens (including phenoxy) is 1. The third kappa shape index (κ3) is 2.15. The van der Waals surface area contributed by atoms with Crippen molar-refractivity contribution in [2.75, 3.05) is 0 Å². The van der Waals surface area contributed by atoms with Gasteiger partial charge in [0.15, 0.2) is 0 Å². The van der Waals surface area contributed by atoms with Crippen LogP contribution in [0.3, 0.4) is 0 Å². The standard InChI is InChI=1S/C11H19NO2/c1-8(2)11(5)7-12-9(6-14-11)10(3,4)13/h6-8,13H,1-5H3.